The van der Waals surface area contributed by atoms with Gasteiger partial charge in [-0.3, -0.25) is 14.9 Å². The molecule has 0 aliphatic heterocycles. The molecular formula is C14H10BrClN2O4. The second kappa shape index (κ2) is 6.76. The number of ether oxygens (including phenoxy) is 1. The van der Waals surface area contributed by atoms with Crippen LogP contribution < -0.4 is 10.1 Å². The number of nitrogens with zero attached hydrogens (tertiary/aromatic N) is 1. The van der Waals surface area contributed by atoms with E-state index in [-0.39, 0.29) is 11.3 Å². The van der Waals surface area contributed by atoms with Crippen LogP contribution in [0.2, 0.25) is 5.02 Å². The van der Waals surface area contributed by atoms with E-state index >= 15 is 0 Å². The van der Waals surface area contributed by atoms with E-state index in [9.17, 15) is 14.9 Å². The highest BCUT2D eigenvalue weighted by Gasteiger charge is 2.16. The number of hydrogen-bond acceptors (Lipinski definition) is 4. The van der Waals surface area contributed by atoms with Crippen molar-refractivity contribution in [1.82, 2.24) is 0 Å². The highest BCUT2D eigenvalue weighted by Crippen LogP contribution is 2.29. The van der Waals surface area contributed by atoms with Crippen molar-refractivity contribution in [3.05, 3.63) is 61.6 Å². The Morgan fingerprint density at radius 3 is 2.64 bits per heavy atom. The minimum absolute atomic E-state index is 0.154. The Kier molecular flexibility index (Phi) is 4.99. The van der Waals surface area contributed by atoms with Gasteiger partial charge in [-0.05, 0) is 40.2 Å². The molecule has 22 heavy (non-hydrogen) atoms. The van der Waals surface area contributed by atoms with Gasteiger partial charge >= 0.3 is 0 Å². The quantitative estimate of drug-likeness (QED) is 0.629. The van der Waals surface area contributed by atoms with Crippen LogP contribution in [0.1, 0.15) is 10.4 Å². The third-order valence-corrected chi connectivity index (χ3v) is 3.81. The minimum atomic E-state index is -0.568. The molecule has 0 radical (unpaired) electrons. The topological polar surface area (TPSA) is 81.5 Å². The predicted octanol–water partition coefficient (Wildman–Crippen LogP) is 4.27. The number of methoxy groups -OCH3 is 1. The SMILES string of the molecule is COc1ccc(NC(=O)c2ccc(Br)c([N+](=O)[O-])c2)c(Cl)c1. The van der Waals surface area contributed by atoms with Crippen LogP contribution in [0.25, 0.3) is 0 Å². The van der Waals surface area contributed by atoms with Gasteiger partial charge in [0, 0.05) is 17.7 Å². The summed E-state index contributed by atoms with van der Waals surface area (Å²) in [5.41, 5.74) is 0.355. The van der Waals surface area contributed by atoms with Crippen molar-refractivity contribution in [2.75, 3.05) is 12.4 Å². The molecule has 0 atom stereocenters. The molecule has 2 aromatic rings. The molecule has 0 aliphatic rings. The summed E-state index contributed by atoms with van der Waals surface area (Å²) >= 11 is 9.10. The molecule has 0 aliphatic carbocycles. The number of benzene rings is 2. The zero-order valence-corrected chi connectivity index (χ0v) is 13.6. The van der Waals surface area contributed by atoms with E-state index in [0.29, 0.717) is 20.9 Å². The minimum Gasteiger partial charge on any atom is -0.497 e. The standard InChI is InChI=1S/C14H10BrClN2O4/c1-22-9-3-5-12(11(16)7-9)17-14(19)8-2-4-10(15)13(6-8)18(20)21/h2-7H,1H3,(H,17,19). The Hall–Kier alpha value is -2.12. The maximum atomic E-state index is 12.2. The van der Waals surface area contributed by atoms with E-state index < -0.39 is 10.8 Å². The maximum absolute atomic E-state index is 12.2. The zero-order chi connectivity index (χ0) is 16.3. The highest BCUT2D eigenvalue weighted by atomic mass is 79.9. The molecule has 0 saturated carbocycles. The van der Waals surface area contributed by atoms with E-state index in [1.807, 2.05) is 0 Å². The summed E-state index contributed by atoms with van der Waals surface area (Å²) in [5, 5.41) is 13.8. The first-order valence-electron chi connectivity index (χ1n) is 6.01. The van der Waals surface area contributed by atoms with Crippen LogP contribution in [0.4, 0.5) is 11.4 Å². The van der Waals surface area contributed by atoms with Gasteiger partial charge in [0.1, 0.15) is 5.75 Å². The van der Waals surface area contributed by atoms with Gasteiger partial charge in [0.05, 0.1) is 27.2 Å². The highest BCUT2D eigenvalue weighted by molar-refractivity contribution is 9.10. The van der Waals surface area contributed by atoms with E-state index in [1.54, 1.807) is 18.2 Å². The van der Waals surface area contributed by atoms with Crippen LogP contribution in [-0.2, 0) is 0 Å². The molecule has 0 fully saturated rings. The number of carbonyl (C=O) groups is 1. The van der Waals surface area contributed by atoms with Gasteiger partial charge in [0.15, 0.2) is 0 Å². The van der Waals surface area contributed by atoms with Crippen molar-refractivity contribution in [3.8, 4) is 5.75 Å². The third kappa shape index (κ3) is 3.55. The number of nitrogens with one attached hydrogen (secondary N) is 1. The average Bonchev–Trinajstić information content (AvgIpc) is 2.49. The molecule has 2 aromatic carbocycles. The molecule has 0 saturated heterocycles. The molecular weight excluding hydrogens is 376 g/mol. The summed E-state index contributed by atoms with van der Waals surface area (Å²) < 4.78 is 5.32. The van der Waals surface area contributed by atoms with Crippen LogP contribution in [0.3, 0.4) is 0 Å². The van der Waals surface area contributed by atoms with Gasteiger partial charge in [0.25, 0.3) is 11.6 Å². The van der Waals surface area contributed by atoms with Gasteiger partial charge in [0.2, 0.25) is 0 Å². The fraction of sp³-hybridized carbons (Fsp3) is 0.0714. The first kappa shape index (κ1) is 16.3. The number of rotatable bonds is 4. The molecule has 1 N–H and O–H groups in total. The van der Waals surface area contributed by atoms with Gasteiger partial charge < -0.3 is 10.1 Å². The summed E-state index contributed by atoms with van der Waals surface area (Å²) in [7, 11) is 1.50. The number of carbonyl (C=O) groups excluding carboxylic acids is 1. The fourth-order valence-electron chi connectivity index (χ4n) is 1.71. The Labute approximate surface area is 139 Å². The fourth-order valence-corrected chi connectivity index (χ4v) is 2.32. The maximum Gasteiger partial charge on any atom is 0.284 e. The molecule has 0 bridgehead atoms. The van der Waals surface area contributed by atoms with Crippen molar-refractivity contribution < 1.29 is 14.5 Å². The summed E-state index contributed by atoms with van der Waals surface area (Å²) in [5.74, 6) is 0.0601. The van der Waals surface area contributed by atoms with Crippen LogP contribution in [-0.4, -0.2) is 17.9 Å². The largest absolute Gasteiger partial charge is 0.497 e. The monoisotopic (exact) mass is 384 g/mol. The summed E-state index contributed by atoms with van der Waals surface area (Å²) in [4.78, 5) is 22.5. The first-order valence-corrected chi connectivity index (χ1v) is 7.18. The molecule has 1 amide bonds. The lowest BCUT2D eigenvalue weighted by atomic mass is 10.2. The molecule has 2 rings (SSSR count). The molecule has 0 unspecified atom stereocenters. The van der Waals surface area contributed by atoms with Gasteiger partial charge in [-0.15, -0.1) is 0 Å². The third-order valence-electron chi connectivity index (χ3n) is 2.83. The lowest BCUT2D eigenvalue weighted by molar-refractivity contribution is -0.385. The summed E-state index contributed by atoms with van der Waals surface area (Å²) in [6, 6.07) is 8.91. The van der Waals surface area contributed by atoms with Crippen LogP contribution in [0, 0.1) is 10.1 Å². The predicted molar refractivity (Wildman–Crippen MR) is 86.8 cm³/mol. The molecule has 0 spiro atoms. The van der Waals surface area contributed by atoms with Gasteiger partial charge in [-0.25, -0.2) is 0 Å². The lowest BCUT2D eigenvalue weighted by Gasteiger charge is -2.09. The van der Waals surface area contributed by atoms with Crippen molar-refractivity contribution >= 4 is 44.8 Å². The molecule has 0 heterocycles. The number of hydrogen-bond donors (Lipinski definition) is 1. The Balaban J connectivity index is 2.26. The van der Waals surface area contributed by atoms with Crippen molar-refractivity contribution in [1.29, 1.82) is 0 Å². The van der Waals surface area contributed by atoms with Crippen molar-refractivity contribution in [2.45, 2.75) is 0 Å². The Morgan fingerprint density at radius 1 is 1.32 bits per heavy atom. The Bertz CT molecular complexity index is 752. The number of amides is 1. The second-order valence-corrected chi connectivity index (χ2v) is 5.48. The van der Waals surface area contributed by atoms with E-state index in [4.69, 9.17) is 16.3 Å². The summed E-state index contributed by atoms with van der Waals surface area (Å²) in [6.07, 6.45) is 0. The molecule has 6 nitrogen and oxygen atoms in total. The van der Waals surface area contributed by atoms with Crippen molar-refractivity contribution in [2.24, 2.45) is 0 Å². The smallest absolute Gasteiger partial charge is 0.284 e. The van der Waals surface area contributed by atoms with Gasteiger partial charge in [-0.2, -0.15) is 0 Å². The molecule has 0 aromatic heterocycles. The van der Waals surface area contributed by atoms with Crippen LogP contribution in [0.15, 0.2) is 40.9 Å². The molecule has 8 heteroatoms. The van der Waals surface area contributed by atoms with E-state index in [0.717, 1.165) is 0 Å². The number of halogens is 2. The average molecular weight is 386 g/mol. The van der Waals surface area contributed by atoms with Gasteiger partial charge in [-0.1, -0.05) is 11.6 Å². The zero-order valence-electron chi connectivity index (χ0n) is 11.3. The normalized spacial score (nSPS) is 10.1. The Morgan fingerprint density at radius 2 is 2.05 bits per heavy atom. The van der Waals surface area contributed by atoms with E-state index in [2.05, 4.69) is 21.2 Å². The second-order valence-electron chi connectivity index (χ2n) is 4.22. The van der Waals surface area contributed by atoms with Crippen LogP contribution >= 0.6 is 27.5 Å². The number of nitro benzene ring substituents is 1. The number of nitro groups is 1. The summed E-state index contributed by atoms with van der Waals surface area (Å²) in [6.45, 7) is 0. The molecule has 114 valence electrons. The number of anilines is 1. The lowest BCUT2D eigenvalue weighted by Crippen LogP contribution is -2.12. The van der Waals surface area contributed by atoms with E-state index in [1.165, 1.54) is 25.3 Å². The first-order chi connectivity index (χ1) is 10.4. The van der Waals surface area contributed by atoms with Crippen molar-refractivity contribution in [3.63, 3.8) is 0 Å². The van der Waals surface area contributed by atoms with Crippen LogP contribution in [0.5, 0.6) is 5.75 Å².